The van der Waals surface area contributed by atoms with Crippen molar-refractivity contribution in [1.82, 2.24) is 10.3 Å². The van der Waals surface area contributed by atoms with Crippen molar-refractivity contribution in [2.45, 2.75) is 52.0 Å². The van der Waals surface area contributed by atoms with Crippen LogP contribution in [0.4, 0.5) is 5.69 Å². The van der Waals surface area contributed by atoms with Crippen LogP contribution in [0.2, 0.25) is 0 Å². The van der Waals surface area contributed by atoms with Crippen LogP contribution in [0.15, 0.2) is 12.3 Å². The van der Waals surface area contributed by atoms with Crippen molar-refractivity contribution in [2.24, 2.45) is 0 Å². The maximum Gasteiger partial charge on any atom is 0.267 e. The van der Waals surface area contributed by atoms with E-state index in [4.69, 9.17) is 5.73 Å². The lowest BCUT2D eigenvalue weighted by molar-refractivity contribution is 0.0927. The highest BCUT2D eigenvalue weighted by Crippen LogP contribution is 2.09. The van der Waals surface area contributed by atoms with E-state index in [9.17, 15) is 4.79 Å². The van der Waals surface area contributed by atoms with Gasteiger partial charge in [-0.1, -0.05) is 33.1 Å². The Kier molecular flexibility index (Phi) is 5.60. The molecule has 0 aromatic carbocycles. The van der Waals surface area contributed by atoms with Gasteiger partial charge < -0.3 is 16.0 Å². The molecule has 1 aromatic heterocycles. The second-order valence-electron chi connectivity index (χ2n) is 4.45. The summed E-state index contributed by atoms with van der Waals surface area (Å²) in [5.74, 6) is -0.0590. The summed E-state index contributed by atoms with van der Waals surface area (Å²) in [5, 5.41) is 3.06. The first-order valence-corrected chi connectivity index (χ1v) is 6.42. The topological polar surface area (TPSA) is 70.9 Å². The molecule has 0 aliphatic rings. The highest BCUT2D eigenvalue weighted by Gasteiger charge is 2.13. The van der Waals surface area contributed by atoms with Crippen LogP contribution in [0.3, 0.4) is 0 Å². The summed E-state index contributed by atoms with van der Waals surface area (Å²) >= 11 is 0. The van der Waals surface area contributed by atoms with Gasteiger partial charge in [0, 0.05) is 17.9 Å². The molecule has 17 heavy (non-hydrogen) atoms. The van der Waals surface area contributed by atoms with Gasteiger partial charge in [-0.15, -0.1) is 0 Å². The summed E-state index contributed by atoms with van der Waals surface area (Å²) in [5.41, 5.74) is 6.71. The average molecular weight is 237 g/mol. The fourth-order valence-corrected chi connectivity index (χ4v) is 1.89. The molecule has 1 unspecified atom stereocenters. The van der Waals surface area contributed by atoms with Crippen molar-refractivity contribution in [2.75, 3.05) is 5.73 Å². The number of hydrogen-bond donors (Lipinski definition) is 3. The van der Waals surface area contributed by atoms with Crippen LogP contribution in [-0.4, -0.2) is 16.9 Å². The zero-order valence-electron chi connectivity index (χ0n) is 10.8. The zero-order valence-corrected chi connectivity index (χ0v) is 10.8. The number of hydrogen-bond acceptors (Lipinski definition) is 2. The minimum Gasteiger partial charge on any atom is -0.397 e. The molecule has 4 N–H and O–H groups in total. The lowest BCUT2D eigenvalue weighted by Gasteiger charge is -2.17. The fourth-order valence-electron chi connectivity index (χ4n) is 1.89. The average Bonchev–Trinajstić information content (AvgIpc) is 2.73. The molecule has 4 nitrogen and oxygen atoms in total. The molecule has 0 bridgehead atoms. The molecule has 4 heteroatoms. The molecule has 0 saturated heterocycles. The van der Waals surface area contributed by atoms with Gasteiger partial charge in [-0.25, -0.2) is 0 Å². The third-order valence-corrected chi connectivity index (χ3v) is 2.83. The van der Waals surface area contributed by atoms with Gasteiger partial charge >= 0.3 is 0 Å². The number of nitrogens with two attached hydrogens (primary N) is 1. The maximum absolute atomic E-state index is 11.9. The summed E-state index contributed by atoms with van der Waals surface area (Å²) in [7, 11) is 0. The van der Waals surface area contributed by atoms with E-state index in [1.54, 1.807) is 12.3 Å². The Morgan fingerprint density at radius 1 is 1.41 bits per heavy atom. The Bertz CT molecular complexity index is 346. The Morgan fingerprint density at radius 2 is 2.18 bits per heavy atom. The molecule has 1 rings (SSSR count). The van der Waals surface area contributed by atoms with Gasteiger partial charge in [-0.05, 0) is 18.9 Å². The SMILES string of the molecule is CCCCC(CCC)NC(=O)c1cc(N)c[nH]1. The van der Waals surface area contributed by atoms with Gasteiger partial charge in [-0.3, -0.25) is 4.79 Å². The van der Waals surface area contributed by atoms with Crippen molar-refractivity contribution < 1.29 is 4.79 Å². The first kappa shape index (κ1) is 13.6. The number of nitrogen functional groups attached to an aromatic ring is 1. The van der Waals surface area contributed by atoms with E-state index < -0.39 is 0 Å². The quantitative estimate of drug-likeness (QED) is 0.682. The number of nitrogens with one attached hydrogen (secondary N) is 2. The van der Waals surface area contributed by atoms with Crippen molar-refractivity contribution in [3.8, 4) is 0 Å². The number of anilines is 1. The van der Waals surface area contributed by atoms with Gasteiger partial charge in [-0.2, -0.15) is 0 Å². The highest BCUT2D eigenvalue weighted by atomic mass is 16.1. The number of H-pyrrole nitrogens is 1. The third kappa shape index (κ3) is 4.51. The predicted molar refractivity (Wildman–Crippen MR) is 70.9 cm³/mol. The van der Waals surface area contributed by atoms with E-state index in [-0.39, 0.29) is 11.9 Å². The maximum atomic E-state index is 11.9. The lowest BCUT2D eigenvalue weighted by atomic mass is 10.1. The second-order valence-corrected chi connectivity index (χ2v) is 4.45. The van der Waals surface area contributed by atoms with E-state index in [0.29, 0.717) is 11.4 Å². The van der Waals surface area contributed by atoms with Crippen LogP contribution in [0, 0.1) is 0 Å². The van der Waals surface area contributed by atoms with Crippen LogP contribution < -0.4 is 11.1 Å². The largest absolute Gasteiger partial charge is 0.397 e. The first-order chi connectivity index (χ1) is 8.17. The van der Waals surface area contributed by atoms with Crippen LogP contribution in [0.5, 0.6) is 0 Å². The number of aromatic nitrogens is 1. The summed E-state index contributed by atoms with van der Waals surface area (Å²) in [6, 6.07) is 1.94. The Labute approximate surface area is 103 Å². The molecule has 96 valence electrons. The standard InChI is InChI=1S/C13H23N3O/c1-3-5-7-11(6-4-2)16-13(17)12-8-10(14)9-15-12/h8-9,11,15H,3-7,14H2,1-2H3,(H,16,17). The number of unbranched alkanes of at least 4 members (excludes halogenated alkanes) is 1. The van der Waals surface area contributed by atoms with Gasteiger partial charge in [0.25, 0.3) is 5.91 Å². The van der Waals surface area contributed by atoms with Crippen LogP contribution in [-0.2, 0) is 0 Å². The molecule has 0 spiro atoms. The van der Waals surface area contributed by atoms with Crippen molar-refractivity contribution in [3.63, 3.8) is 0 Å². The molecule has 0 fully saturated rings. The molecule has 1 heterocycles. The molecule has 0 aliphatic heterocycles. The van der Waals surface area contributed by atoms with Gasteiger partial charge in [0.05, 0.1) is 0 Å². The second kappa shape index (κ2) is 6.99. The molecule has 0 radical (unpaired) electrons. The summed E-state index contributed by atoms with van der Waals surface area (Å²) in [6.45, 7) is 4.30. The zero-order chi connectivity index (χ0) is 12.7. The Balaban J connectivity index is 2.51. The molecule has 1 aromatic rings. The first-order valence-electron chi connectivity index (χ1n) is 6.42. The van der Waals surface area contributed by atoms with E-state index in [1.807, 2.05) is 0 Å². The van der Waals surface area contributed by atoms with Crippen molar-refractivity contribution in [3.05, 3.63) is 18.0 Å². The number of aromatic amines is 1. The van der Waals surface area contributed by atoms with Gasteiger partial charge in [0.2, 0.25) is 0 Å². The number of rotatable bonds is 7. The van der Waals surface area contributed by atoms with Crippen molar-refractivity contribution in [1.29, 1.82) is 0 Å². The number of carbonyl (C=O) groups excluding carboxylic acids is 1. The molecule has 1 atom stereocenters. The highest BCUT2D eigenvalue weighted by molar-refractivity contribution is 5.93. The number of carbonyl (C=O) groups is 1. The lowest BCUT2D eigenvalue weighted by Crippen LogP contribution is -2.34. The van der Waals surface area contributed by atoms with Gasteiger partial charge in [0.1, 0.15) is 5.69 Å². The molecule has 0 aliphatic carbocycles. The van der Waals surface area contributed by atoms with Crippen LogP contribution >= 0.6 is 0 Å². The summed E-state index contributed by atoms with van der Waals surface area (Å²) in [6.07, 6.45) is 7.11. The van der Waals surface area contributed by atoms with Crippen molar-refractivity contribution >= 4 is 11.6 Å². The third-order valence-electron chi connectivity index (χ3n) is 2.83. The minimum atomic E-state index is -0.0590. The molecular formula is C13H23N3O. The fraction of sp³-hybridized carbons (Fsp3) is 0.615. The van der Waals surface area contributed by atoms with E-state index >= 15 is 0 Å². The van der Waals surface area contributed by atoms with E-state index in [2.05, 4.69) is 24.1 Å². The Morgan fingerprint density at radius 3 is 2.71 bits per heavy atom. The monoisotopic (exact) mass is 237 g/mol. The smallest absolute Gasteiger partial charge is 0.267 e. The molecular weight excluding hydrogens is 214 g/mol. The number of amides is 1. The molecule has 1 amide bonds. The van der Waals surface area contributed by atoms with E-state index in [0.717, 1.165) is 32.1 Å². The molecule has 0 saturated carbocycles. The predicted octanol–water partition coefficient (Wildman–Crippen LogP) is 2.69. The van der Waals surface area contributed by atoms with Crippen LogP contribution in [0.25, 0.3) is 0 Å². The summed E-state index contributed by atoms with van der Waals surface area (Å²) < 4.78 is 0. The normalized spacial score (nSPS) is 12.4. The van der Waals surface area contributed by atoms with E-state index in [1.165, 1.54) is 0 Å². The Hall–Kier alpha value is -1.45. The summed E-state index contributed by atoms with van der Waals surface area (Å²) in [4.78, 5) is 14.8. The van der Waals surface area contributed by atoms with Gasteiger partial charge in [0.15, 0.2) is 0 Å². The minimum absolute atomic E-state index is 0.0590. The van der Waals surface area contributed by atoms with Crippen LogP contribution in [0.1, 0.15) is 56.4 Å².